The van der Waals surface area contributed by atoms with Crippen LogP contribution in [-0.4, -0.2) is 60.9 Å². The number of amides is 2. The fourth-order valence-corrected chi connectivity index (χ4v) is 3.91. The number of nitrogens with one attached hydrogen (secondary N) is 1. The molecule has 0 aliphatic carbocycles. The number of piperidine rings is 1. The Morgan fingerprint density at radius 3 is 2.65 bits per heavy atom. The van der Waals surface area contributed by atoms with Gasteiger partial charge < -0.3 is 15.1 Å². The van der Waals surface area contributed by atoms with E-state index < -0.39 is 0 Å². The molecule has 1 aromatic carbocycles. The average Bonchev–Trinajstić information content (AvgIpc) is 3.17. The number of rotatable bonds is 3. The van der Waals surface area contributed by atoms with E-state index in [1.165, 1.54) is 0 Å². The van der Waals surface area contributed by atoms with Crippen LogP contribution in [0.15, 0.2) is 18.2 Å². The first-order valence-corrected chi connectivity index (χ1v) is 9.44. The topological polar surface area (TPSA) is 52.7 Å². The number of nitrogens with zero attached hydrogens (tertiary/aromatic N) is 2. The molecule has 0 spiro atoms. The predicted molar refractivity (Wildman–Crippen MR) is 106 cm³/mol. The highest BCUT2D eigenvalue weighted by Crippen LogP contribution is 2.26. The molecule has 0 aromatic heterocycles. The molecule has 2 amide bonds. The Morgan fingerprint density at radius 1 is 1.23 bits per heavy atom. The van der Waals surface area contributed by atoms with Gasteiger partial charge in [-0.25, -0.2) is 0 Å². The van der Waals surface area contributed by atoms with Crippen molar-refractivity contribution in [3.63, 3.8) is 0 Å². The zero-order chi connectivity index (χ0) is 18.0. The molecule has 0 bridgehead atoms. The summed E-state index contributed by atoms with van der Waals surface area (Å²) in [7, 11) is 1.87. The van der Waals surface area contributed by atoms with Gasteiger partial charge in [0.1, 0.15) is 0 Å². The normalized spacial score (nSPS) is 22.7. The van der Waals surface area contributed by atoms with Crippen LogP contribution in [0.5, 0.6) is 0 Å². The molecule has 1 N–H and O–H groups in total. The highest BCUT2D eigenvalue weighted by molar-refractivity contribution is 6.42. The zero-order valence-corrected chi connectivity index (χ0v) is 17.0. The van der Waals surface area contributed by atoms with Crippen LogP contribution >= 0.6 is 35.6 Å². The maximum atomic E-state index is 12.8. The van der Waals surface area contributed by atoms with Crippen LogP contribution in [0.1, 0.15) is 29.6 Å². The standard InChI is InChI=1S/C18H23Cl2N3O2.ClH/c1-22(14-6-7-21-10-14)17(24)13-3-2-8-23(11-13)18(25)12-4-5-15(19)16(20)9-12;/h4-5,9,13-14,21H,2-3,6-8,10-11H2,1H3;1H. The monoisotopic (exact) mass is 419 g/mol. The van der Waals surface area contributed by atoms with E-state index >= 15 is 0 Å². The van der Waals surface area contributed by atoms with Gasteiger partial charge in [-0.1, -0.05) is 23.2 Å². The maximum absolute atomic E-state index is 12.8. The SMILES string of the molecule is CN(C(=O)C1CCCN(C(=O)c2ccc(Cl)c(Cl)c2)C1)C1CCNC1.Cl. The van der Waals surface area contributed by atoms with Crippen molar-refractivity contribution in [3.8, 4) is 0 Å². The van der Waals surface area contributed by atoms with Crippen LogP contribution < -0.4 is 5.32 Å². The van der Waals surface area contributed by atoms with E-state index in [0.717, 1.165) is 32.4 Å². The zero-order valence-electron chi connectivity index (χ0n) is 14.7. The van der Waals surface area contributed by atoms with E-state index in [1.54, 1.807) is 23.1 Å². The molecule has 1 aromatic rings. The van der Waals surface area contributed by atoms with Crippen LogP contribution in [0.3, 0.4) is 0 Å². The molecule has 0 saturated carbocycles. The van der Waals surface area contributed by atoms with Gasteiger partial charge in [0.2, 0.25) is 5.91 Å². The van der Waals surface area contributed by atoms with Crippen LogP contribution in [-0.2, 0) is 4.79 Å². The quantitative estimate of drug-likeness (QED) is 0.817. The van der Waals surface area contributed by atoms with Gasteiger partial charge in [0.25, 0.3) is 5.91 Å². The van der Waals surface area contributed by atoms with Crippen LogP contribution in [0, 0.1) is 5.92 Å². The summed E-state index contributed by atoms with van der Waals surface area (Å²) in [5.41, 5.74) is 0.510. The minimum Gasteiger partial charge on any atom is -0.341 e. The molecule has 2 aliphatic rings. The maximum Gasteiger partial charge on any atom is 0.253 e. The van der Waals surface area contributed by atoms with E-state index in [9.17, 15) is 9.59 Å². The Bertz CT molecular complexity index is 665. The third-order valence-corrected chi connectivity index (χ3v) is 5.89. The Morgan fingerprint density at radius 2 is 2.00 bits per heavy atom. The largest absolute Gasteiger partial charge is 0.341 e. The lowest BCUT2D eigenvalue weighted by molar-refractivity contribution is -0.137. The molecule has 26 heavy (non-hydrogen) atoms. The third kappa shape index (κ3) is 4.63. The number of halogens is 3. The molecule has 2 aliphatic heterocycles. The number of hydrogen-bond donors (Lipinski definition) is 1. The first-order valence-electron chi connectivity index (χ1n) is 8.69. The second-order valence-electron chi connectivity index (χ2n) is 6.81. The van der Waals surface area contributed by atoms with Gasteiger partial charge in [-0.2, -0.15) is 0 Å². The summed E-state index contributed by atoms with van der Waals surface area (Å²) in [6, 6.07) is 5.16. The minimum absolute atomic E-state index is 0. The number of carbonyl (C=O) groups is 2. The summed E-state index contributed by atoms with van der Waals surface area (Å²) in [6.45, 7) is 2.93. The van der Waals surface area contributed by atoms with E-state index in [0.29, 0.717) is 28.7 Å². The summed E-state index contributed by atoms with van der Waals surface area (Å²) in [5, 5.41) is 4.08. The molecule has 2 saturated heterocycles. The van der Waals surface area contributed by atoms with Gasteiger partial charge in [0, 0.05) is 38.3 Å². The highest BCUT2D eigenvalue weighted by atomic mass is 35.5. The van der Waals surface area contributed by atoms with Gasteiger partial charge in [0.15, 0.2) is 0 Å². The highest BCUT2D eigenvalue weighted by Gasteiger charge is 2.33. The second kappa shape index (κ2) is 9.27. The van der Waals surface area contributed by atoms with Crippen molar-refractivity contribution in [1.29, 1.82) is 0 Å². The summed E-state index contributed by atoms with van der Waals surface area (Å²) < 4.78 is 0. The van der Waals surface area contributed by atoms with Gasteiger partial charge in [-0.15, -0.1) is 12.4 Å². The third-order valence-electron chi connectivity index (χ3n) is 5.15. The Hall–Kier alpha value is -1.01. The van der Waals surface area contributed by atoms with Crippen molar-refractivity contribution in [2.75, 3.05) is 33.2 Å². The van der Waals surface area contributed by atoms with Crippen molar-refractivity contribution >= 4 is 47.4 Å². The van der Waals surface area contributed by atoms with Crippen molar-refractivity contribution < 1.29 is 9.59 Å². The molecule has 2 unspecified atom stereocenters. The minimum atomic E-state index is -0.133. The van der Waals surface area contributed by atoms with E-state index in [2.05, 4.69) is 5.32 Å². The Labute approximate surface area is 170 Å². The smallest absolute Gasteiger partial charge is 0.253 e. The molecule has 2 atom stereocenters. The molecule has 8 heteroatoms. The lowest BCUT2D eigenvalue weighted by atomic mass is 9.95. The van der Waals surface area contributed by atoms with Gasteiger partial charge >= 0.3 is 0 Å². The molecule has 5 nitrogen and oxygen atoms in total. The molecule has 2 fully saturated rings. The number of benzene rings is 1. The van der Waals surface area contributed by atoms with Crippen molar-refractivity contribution in [1.82, 2.24) is 15.1 Å². The van der Waals surface area contributed by atoms with Crippen molar-refractivity contribution in [3.05, 3.63) is 33.8 Å². The van der Waals surface area contributed by atoms with Crippen molar-refractivity contribution in [2.24, 2.45) is 5.92 Å². The second-order valence-corrected chi connectivity index (χ2v) is 7.63. The summed E-state index contributed by atoms with van der Waals surface area (Å²) >= 11 is 11.9. The molecule has 144 valence electrons. The van der Waals surface area contributed by atoms with Crippen molar-refractivity contribution in [2.45, 2.75) is 25.3 Å². The molecule has 0 radical (unpaired) electrons. The van der Waals surface area contributed by atoms with Gasteiger partial charge in [-0.3, -0.25) is 9.59 Å². The fraction of sp³-hybridized carbons (Fsp3) is 0.556. The molecular formula is C18H24Cl3N3O2. The van der Waals surface area contributed by atoms with Crippen LogP contribution in [0.25, 0.3) is 0 Å². The lowest BCUT2D eigenvalue weighted by Gasteiger charge is -2.35. The Balaban J connectivity index is 0.00000243. The van der Waals surface area contributed by atoms with E-state index in [1.807, 2.05) is 11.9 Å². The molecule has 2 heterocycles. The van der Waals surface area contributed by atoms with Crippen LogP contribution in [0.2, 0.25) is 10.0 Å². The number of hydrogen-bond acceptors (Lipinski definition) is 3. The molecular weight excluding hydrogens is 397 g/mol. The van der Waals surface area contributed by atoms with E-state index in [4.69, 9.17) is 23.2 Å². The number of likely N-dealkylation sites (N-methyl/N-ethyl adjacent to an activating group) is 1. The lowest BCUT2D eigenvalue weighted by Crippen LogP contribution is -2.48. The van der Waals surface area contributed by atoms with Gasteiger partial charge in [0.05, 0.1) is 16.0 Å². The molecule has 3 rings (SSSR count). The summed E-state index contributed by atoms with van der Waals surface area (Å²) in [4.78, 5) is 29.2. The first-order chi connectivity index (χ1) is 12.0. The van der Waals surface area contributed by atoms with Crippen LogP contribution in [0.4, 0.5) is 0 Å². The van der Waals surface area contributed by atoms with E-state index in [-0.39, 0.29) is 36.2 Å². The fourth-order valence-electron chi connectivity index (χ4n) is 3.61. The van der Waals surface area contributed by atoms with Gasteiger partial charge in [-0.05, 0) is 44.0 Å². The average molecular weight is 421 g/mol. The summed E-state index contributed by atoms with van der Waals surface area (Å²) in [6.07, 6.45) is 2.65. The first kappa shape index (κ1) is 21.3. The predicted octanol–water partition coefficient (Wildman–Crippen LogP) is 3.09. The summed E-state index contributed by atoms with van der Waals surface area (Å²) in [5.74, 6) is -0.0901. The number of carbonyl (C=O) groups excluding carboxylic acids is 2. The number of likely N-dealkylation sites (tertiary alicyclic amines) is 1. The Kier molecular flexibility index (Phi) is 7.59.